The van der Waals surface area contributed by atoms with Gasteiger partial charge in [-0.25, -0.2) is 0 Å². The van der Waals surface area contributed by atoms with Crippen molar-refractivity contribution in [1.82, 2.24) is 0 Å². The molecule has 0 aliphatic heterocycles. The van der Waals surface area contributed by atoms with Crippen molar-refractivity contribution in [2.75, 3.05) is 13.4 Å². The van der Waals surface area contributed by atoms with Crippen LogP contribution in [0.3, 0.4) is 0 Å². The molecule has 0 radical (unpaired) electrons. The molecular formula is C9H11NO6S. The van der Waals surface area contributed by atoms with Crippen molar-refractivity contribution >= 4 is 15.8 Å². The molecule has 7 nitrogen and oxygen atoms in total. The largest absolute Gasteiger partial charge is 0.490 e. The van der Waals surface area contributed by atoms with Crippen LogP contribution >= 0.6 is 0 Å². The molecule has 0 aromatic heterocycles. The van der Waals surface area contributed by atoms with E-state index in [2.05, 4.69) is 4.18 Å². The van der Waals surface area contributed by atoms with Gasteiger partial charge in [0.25, 0.3) is 0 Å². The van der Waals surface area contributed by atoms with E-state index in [1.54, 1.807) is 6.92 Å². The third kappa shape index (κ3) is 3.31. The molecule has 0 atom stereocenters. The molecule has 94 valence electrons. The first-order valence-corrected chi connectivity index (χ1v) is 6.28. The number of nitro benzene ring substituents is 1. The fourth-order valence-electron chi connectivity index (χ4n) is 1.21. The van der Waals surface area contributed by atoms with Crippen molar-refractivity contribution in [2.45, 2.75) is 6.92 Å². The highest BCUT2D eigenvalue weighted by Gasteiger charge is 2.20. The van der Waals surface area contributed by atoms with Crippen molar-refractivity contribution in [3.8, 4) is 11.5 Å². The number of benzene rings is 1. The molecule has 0 unspecified atom stereocenters. The molecule has 17 heavy (non-hydrogen) atoms. The smallest absolute Gasteiger partial charge is 0.314 e. The summed E-state index contributed by atoms with van der Waals surface area (Å²) in [6.45, 7) is 1.56. The second kappa shape index (κ2) is 4.58. The molecule has 0 N–H and O–H groups in total. The summed E-state index contributed by atoms with van der Waals surface area (Å²) in [6, 6.07) is 2.37. The van der Waals surface area contributed by atoms with Crippen molar-refractivity contribution in [3.63, 3.8) is 0 Å². The maximum Gasteiger partial charge on any atom is 0.314 e. The van der Waals surface area contributed by atoms with E-state index < -0.39 is 15.0 Å². The highest BCUT2D eigenvalue weighted by Crippen LogP contribution is 2.34. The van der Waals surface area contributed by atoms with Gasteiger partial charge in [-0.1, -0.05) is 0 Å². The predicted octanol–water partition coefficient (Wildman–Crippen LogP) is 1.25. The first kappa shape index (κ1) is 13.2. The van der Waals surface area contributed by atoms with Gasteiger partial charge in [-0.05, 0) is 18.6 Å². The molecule has 0 aliphatic rings. The average Bonchev–Trinajstić information content (AvgIpc) is 2.18. The van der Waals surface area contributed by atoms with Crippen LogP contribution < -0.4 is 8.92 Å². The molecule has 0 saturated carbocycles. The van der Waals surface area contributed by atoms with Crippen LogP contribution in [-0.2, 0) is 10.1 Å². The molecule has 0 heterocycles. The number of hydrogen-bond donors (Lipinski definition) is 0. The molecule has 0 bridgehead atoms. The maximum absolute atomic E-state index is 11.0. The van der Waals surface area contributed by atoms with Gasteiger partial charge in [0.05, 0.1) is 24.4 Å². The molecule has 1 rings (SSSR count). The molecular weight excluding hydrogens is 250 g/mol. The van der Waals surface area contributed by atoms with Gasteiger partial charge in [0.2, 0.25) is 0 Å². The van der Waals surface area contributed by atoms with Crippen LogP contribution in [0.5, 0.6) is 11.5 Å². The Kier molecular flexibility index (Phi) is 3.56. The average molecular weight is 261 g/mol. The van der Waals surface area contributed by atoms with E-state index in [-0.39, 0.29) is 17.2 Å². The Hall–Kier alpha value is -1.83. The monoisotopic (exact) mass is 261 g/mol. The molecule has 0 fully saturated rings. The van der Waals surface area contributed by atoms with Gasteiger partial charge in [0.1, 0.15) is 0 Å². The third-order valence-corrected chi connectivity index (χ3v) is 2.40. The third-order valence-electron chi connectivity index (χ3n) is 1.91. The number of nitro groups is 1. The SMILES string of the molecule is COc1cc(C)c(OS(C)(=O)=O)cc1[N+](=O)[O-]. The molecule has 0 spiro atoms. The zero-order valence-corrected chi connectivity index (χ0v) is 10.3. The van der Waals surface area contributed by atoms with Gasteiger partial charge in [0, 0.05) is 0 Å². The number of ether oxygens (including phenoxy) is 1. The zero-order valence-electron chi connectivity index (χ0n) is 9.46. The van der Waals surface area contributed by atoms with E-state index >= 15 is 0 Å². The van der Waals surface area contributed by atoms with Gasteiger partial charge in [-0.15, -0.1) is 0 Å². The summed E-state index contributed by atoms with van der Waals surface area (Å²) in [6.07, 6.45) is 0.864. The molecule has 0 aliphatic carbocycles. The fraction of sp³-hybridized carbons (Fsp3) is 0.333. The Morgan fingerprint density at radius 3 is 2.29 bits per heavy atom. The van der Waals surface area contributed by atoms with Gasteiger partial charge < -0.3 is 8.92 Å². The van der Waals surface area contributed by atoms with Crippen molar-refractivity contribution in [3.05, 3.63) is 27.8 Å². The van der Waals surface area contributed by atoms with Crippen LogP contribution in [0.1, 0.15) is 5.56 Å². The lowest BCUT2D eigenvalue weighted by molar-refractivity contribution is -0.385. The molecule has 8 heteroatoms. The van der Waals surface area contributed by atoms with E-state index in [0.717, 1.165) is 12.3 Å². The standard InChI is InChI=1S/C9H11NO6S/c1-6-4-9(15-2)7(10(11)12)5-8(6)16-17(3,13)14/h4-5H,1-3H3. The van der Waals surface area contributed by atoms with E-state index in [9.17, 15) is 18.5 Å². The lowest BCUT2D eigenvalue weighted by Gasteiger charge is -2.08. The minimum Gasteiger partial charge on any atom is -0.490 e. The Balaban J connectivity index is 3.34. The van der Waals surface area contributed by atoms with Crippen LogP contribution in [0.2, 0.25) is 0 Å². The summed E-state index contributed by atoms with van der Waals surface area (Å²) in [5.74, 6) is -0.0339. The molecule has 1 aromatic carbocycles. The van der Waals surface area contributed by atoms with Crippen LogP contribution in [0.4, 0.5) is 5.69 Å². The van der Waals surface area contributed by atoms with Gasteiger partial charge >= 0.3 is 15.8 Å². The number of nitrogens with zero attached hydrogens (tertiary/aromatic N) is 1. The van der Waals surface area contributed by atoms with Gasteiger partial charge in [-0.2, -0.15) is 8.42 Å². The predicted molar refractivity (Wildman–Crippen MR) is 59.9 cm³/mol. The molecule has 1 aromatic rings. The van der Waals surface area contributed by atoms with Crippen LogP contribution in [0.15, 0.2) is 12.1 Å². The minimum absolute atomic E-state index is 0.0494. The van der Waals surface area contributed by atoms with E-state index in [4.69, 9.17) is 4.74 Å². The number of hydrogen-bond acceptors (Lipinski definition) is 6. The van der Waals surface area contributed by atoms with Crippen LogP contribution in [-0.4, -0.2) is 26.7 Å². The Labute approximate surface area is 98.2 Å². The highest BCUT2D eigenvalue weighted by atomic mass is 32.2. The van der Waals surface area contributed by atoms with E-state index in [0.29, 0.717) is 5.56 Å². The summed E-state index contributed by atoms with van der Waals surface area (Å²) in [7, 11) is -2.43. The van der Waals surface area contributed by atoms with Crippen molar-refractivity contribution in [2.24, 2.45) is 0 Å². The highest BCUT2D eigenvalue weighted by molar-refractivity contribution is 7.86. The number of aryl methyl sites for hydroxylation is 1. The summed E-state index contributed by atoms with van der Waals surface area (Å²) >= 11 is 0. The zero-order chi connectivity index (χ0) is 13.2. The first-order chi connectivity index (χ1) is 7.74. The number of methoxy groups -OCH3 is 1. The second-order valence-electron chi connectivity index (χ2n) is 3.33. The summed E-state index contributed by atoms with van der Waals surface area (Å²) in [5.41, 5.74) is 0.0784. The molecule has 0 amide bonds. The van der Waals surface area contributed by atoms with Gasteiger partial charge in [-0.3, -0.25) is 10.1 Å². The lowest BCUT2D eigenvalue weighted by Crippen LogP contribution is -2.07. The maximum atomic E-state index is 11.0. The van der Waals surface area contributed by atoms with Gasteiger partial charge in [0.15, 0.2) is 11.5 Å². The van der Waals surface area contributed by atoms with Crippen LogP contribution in [0.25, 0.3) is 0 Å². The molecule has 0 saturated heterocycles. The van der Waals surface area contributed by atoms with E-state index in [1.807, 2.05) is 0 Å². The Morgan fingerprint density at radius 2 is 1.88 bits per heavy atom. The summed E-state index contributed by atoms with van der Waals surface area (Å²) in [5, 5.41) is 10.7. The normalized spacial score (nSPS) is 11.0. The van der Waals surface area contributed by atoms with E-state index in [1.165, 1.54) is 13.2 Å². The Morgan fingerprint density at radius 1 is 1.29 bits per heavy atom. The fourth-order valence-corrected chi connectivity index (χ4v) is 1.72. The first-order valence-electron chi connectivity index (χ1n) is 4.47. The topological polar surface area (TPSA) is 95.7 Å². The Bertz CT molecular complexity index is 551. The quantitative estimate of drug-likeness (QED) is 0.459. The number of rotatable bonds is 4. The van der Waals surface area contributed by atoms with Crippen molar-refractivity contribution in [1.29, 1.82) is 0 Å². The van der Waals surface area contributed by atoms with Crippen LogP contribution in [0, 0.1) is 17.0 Å². The lowest BCUT2D eigenvalue weighted by atomic mass is 10.2. The second-order valence-corrected chi connectivity index (χ2v) is 4.91. The minimum atomic E-state index is -3.73. The summed E-state index contributed by atoms with van der Waals surface area (Å²) in [4.78, 5) is 10.1. The summed E-state index contributed by atoms with van der Waals surface area (Å²) < 4.78 is 31.4. The van der Waals surface area contributed by atoms with Crippen molar-refractivity contribution < 1.29 is 22.3 Å².